The third kappa shape index (κ3) is 2.43. The van der Waals surface area contributed by atoms with Gasteiger partial charge < -0.3 is 16.2 Å². The summed E-state index contributed by atoms with van der Waals surface area (Å²) in [7, 11) is 0. The van der Waals surface area contributed by atoms with Crippen molar-refractivity contribution >= 4 is 11.4 Å². The number of nitrogens with two attached hydrogens (primary N) is 1. The number of anilines is 2. The van der Waals surface area contributed by atoms with Crippen LogP contribution in [0.3, 0.4) is 0 Å². The van der Waals surface area contributed by atoms with Crippen LogP contribution >= 0.6 is 0 Å². The average Bonchev–Trinajstić information content (AvgIpc) is 2.09. The Bertz CT molecular complexity index is 233. The molecule has 0 saturated heterocycles. The second kappa shape index (κ2) is 3.97. The van der Waals surface area contributed by atoms with E-state index in [0.717, 1.165) is 11.4 Å². The van der Waals surface area contributed by atoms with Crippen molar-refractivity contribution in [1.29, 1.82) is 0 Å². The van der Waals surface area contributed by atoms with Crippen LogP contribution in [-0.4, -0.2) is 17.8 Å². The Kier molecular flexibility index (Phi) is 2.94. The highest BCUT2D eigenvalue weighted by molar-refractivity contribution is 5.51. The summed E-state index contributed by atoms with van der Waals surface area (Å²) in [6, 6.07) is 7.51. The molecule has 1 atom stereocenters. The lowest BCUT2D eigenvalue weighted by Gasteiger charge is -2.11. The summed E-state index contributed by atoms with van der Waals surface area (Å²) in [4.78, 5) is 0. The maximum absolute atomic E-state index is 8.76. The molecule has 0 aliphatic rings. The van der Waals surface area contributed by atoms with Gasteiger partial charge in [-0.2, -0.15) is 0 Å². The van der Waals surface area contributed by atoms with Crippen molar-refractivity contribution in [1.82, 2.24) is 0 Å². The van der Waals surface area contributed by atoms with Crippen LogP contribution in [0.25, 0.3) is 0 Å². The zero-order valence-electron chi connectivity index (χ0n) is 7.12. The largest absolute Gasteiger partial charge is 0.399 e. The van der Waals surface area contributed by atoms with E-state index in [4.69, 9.17) is 10.8 Å². The van der Waals surface area contributed by atoms with Gasteiger partial charge in [0.1, 0.15) is 0 Å². The van der Waals surface area contributed by atoms with Gasteiger partial charge in [-0.25, -0.2) is 0 Å². The molecule has 3 nitrogen and oxygen atoms in total. The molecule has 3 heteroatoms. The molecule has 0 heterocycles. The lowest BCUT2D eigenvalue weighted by molar-refractivity contribution is 0.281. The molecular weight excluding hydrogens is 152 g/mol. The van der Waals surface area contributed by atoms with Gasteiger partial charge in [0.2, 0.25) is 0 Å². The molecule has 0 aromatic heterocycles. The summed E-state index contributed by atoms with van der Waals surface area (Å²) in [6.07, 6.45) is 0. The maximum Gasteiger partial charge on any atom is 0.0630 e. The van der Waals surface area contributed by atoms with Crippen molar-refractivity contribution in [3.8, 4) is 0 Å². The van der Waals surface area contributed by atoms with Crippen LogP contribution in [-0.2, 0) is 0 Å². The van der Waals surface area contributed by atoms with Crippen molar-refractivity contribution in [2.24, 2.45) is 0 Å². The van der Waals surface area contributed by atoms with Gasteiger partial charge in [0.25, 0.3) is 0 Å². The quantitative estimate of drug-likeness (QED) is 0.588. The van der Waals surface area contributed by atoms with Gasteiger partial charge in [0, 0.05) is 17.4 Å². The first kappa shape index (κ1) is 8.87. The molecule has 1 aromatic carbocycles. The Morgan fingerprint density at radius 1 is 1.42 bits per heavy atom. The van der Waals surface area contributed by atoms with Crippen molar-refractivity contribution in [3.05, 3.63) is 24.3 Å². The van der Waals surface area contributed by atoms with E-state index >= 15 is 0 Å². The number of benzene rings is 1. The monoisotopic (exact) mass is 166 g/mol. The SMILES string of the molecule is CC(CO)Nc1ccc(N)cc1. The molecule has 0 fully saturated rings. The van der Waals surface area contributed by atoms with E-state index in [9.17, 15) is 0 Å². The fraction of sp³-hybridized carbons (Fsp3) is 0.333. The Labute approximate surface area is 72.2 Å². The van der Waals surface area contributed by atoms with Crippen LogP contribution < -0.4 is 11.1 Å². The number of rotatable bonds is 3. The molecule has 1 unspecified atom stereocenters. The smallest absolute Gasteiger partial charge is 0.0630 e. The van der Waals surface area contributed by atoms with Gasteiger partial charge in [-0.3, -0.25) is 0 Å². The van der Waals surface area contributed by atoms with Crippen molar-refractivity contribution in [2.45, 2.75) is 13.0 Å². The van der Waals surface area contributed by atoms with Crippen molar-refractivity contribution in [2.75, 3.05) is 17.7 Å². The molecule has 1 rings (SSSR count). The molecular formula is C9H14N2O. The highest BCUT2D eigenvalue weighted by Crippen LogP contribution is 2.11. The minimum atomic E-state index is 0.0774. The van der Waals surface area contributed by atoms with Crippen LogP contribution in [0.5, 0.6) is 0 Å². The van der Waals surface area contributed by atoms with E-state index in [1.165, 1.54) is 0 Å². The topological polar surface area (TPSA) is 58.3 Å². The van der Waals surface area contributed by atoms with Gasteiger partial charge in [0.05, 0.1) is 6.61 Å². The lowest BCUT2D eigenvalue weighted by atomic mass is 10.2. The number of nitrogen functional groups attached to an aromatic ring is 1. The van der Waals surface area contributed by atoms with Crippen molar-refractivity contribution < 1.29 is 5.11 Å². The third-order valence-electron chi connectivity index (χ3n) is 1.60. The molecule has 66 valence electrons. The summed E-state index contributed by atoms with van der Waals surface area (Å²) >= 11 is 0. The van der Waals surface area contributed by atoms with Crippen LogP contribution in [0.4, 0.5) is 11.4 Å². The van der Waals surface area contributed by atoms with E-state index in [2.05, 4.69) is 5.32 Å². The van der Waals surface area contributed by atoms with E-state index < -0.39 is 0 Å². The molecule has 0 saturated carbocycles. The highest BCUT2D eigenvalue weighted by Gasteiger charge is 1.97. The molecule has 4 N–H and O–H groups in total. The first-order chi connectivity index (χ1) is 5.72. The van der Waals surface area contributed by atoms with E-state index in [0.29, 0.717) is 0 Å². The summed E-state index contributed by atoms with van der Waals surface area (Å²) in [6.45, 7) is 2.04. The van der Waals surface area contributed by atoms with E-state index in [-0.39, 0.29) is 12.6 Å². The standard InChI is InChI=1S/C9H14N2O/c1-7(6-12)11-9-4-2-8(10)3-5-9/h2-5,7,11-12H,6,10H2,1H3. The molecule has 0 aliphatic heterocycles. The normalized spacial score (nSPS) is 12.5. The third-order valence-corrected chi connectivity index (χ3v) is 1.60. The van der Waals surface area contributed by atoms with E-state index in [1.807, 2.05) is 31.2 Å². The van der Waals surface area contributed by atoms with Gasteiger partial charge >= 0.3 is 0 Å². The molecule has 12 heavy (non-hydrogen) atoms. The zero-order valence-corrected chi connectivity index (χ0v) is 7.12. The van der Waals surface area contributed by atoms with Gasteiger partial charge in [-0.15, -0.1) is 0 Å². The average molecular weight is 166 g/mol. The van der Waals surface area contributed by atoms with Gasteiger partial charge in [0.15, 0.2) is 0 Å². The Morgan fingerprint density at radius 2 is 2.00 bits per heavy atom. The summed E-state index contributed by atoms with van der Waals surface area (Å²) in [5.74, 6) is 0. The molecule has 0 radical (unpaired) electrons. The van der Waals surface area contributed by atoms with Crippen LogP contribution in [0, 0.1) is 0 Å². The predicted octanol–water partition coefficient (Wildman–Crippen LogP) is 1.06. The predicted molar refractivity (Wildman–Crippen MR) is 51.0 cm³/mol. The van der Waals surface area contributed by atoms with Crippen LogP contribution in [0.15, 0.2) is 24.3 Å². The Morgan fingerprint density at radius 3 is 2.50 bits per heavy atom. The number of aliphatic hydroxyl groups excluding tert-OH is 1. The number of nitrogens with one attached hydrogen (secondary N) is 1. The molecule has 0 aliphatic carbocycles. The van der Waals surface area contributed by atoms with Crippen LogP contribution in [0.2, 0.25) is 0 Å². The second-order valence-corrected chi connectivity index (χ2v) is 2.85. The number of hydrogen-bond donors (Lipinski definition) is 3. The Balaban J connectivity index is 2.58. The number of aliphatic hydroxyl groups is 1. The number of hydrogen-bond acceptors (Lipinski definition) is 3. The molecule has 0 spiro atoms. The molecule has 1 aromatic rings. The van der Waals surface area contributed by atoms with E-state index in [1.54, 1.807) is 0 Å². The summed E-state index contributed by atoms with van der Waals surface area (Å²) < 4.78 is 0. The Hall–Kier alpha value is -1.22. The maximum atomic E-state index is 8.76. The van der Waals surface area contributed by atoms with Gasteiger partial charge in [-0.1, -0.05) is 0 Å². The van der Waals surface area contributed by atoms with Crippen LogP contribution in [0.1, 0.15) is 6.92 Å². The lowest BCUT2D eigenvalue weighted by Crippen LogP contribution is -2.19. The minimum absolute atomic E-state index is 0.0774. The minimum Gasteiger partial charge on any atom is -0.399 e. The van der Waals surface area contributed by atoms with Crippen molar-refractivity contribution in [3.63, 3.8) is 0 Å². The molecule has 0 amide bonds. The first-order valence-corrected chi connectivity index (χ1v) is 3.95. The van der Waals surface area contributed by atoms with Gasteiger partial charge in [-0.05, 0) is 31.2 Å². The first-order valence-electron chi connectivity index (χ1n) is 3.95. The fourth-order valence-corrected chi connectivity index (χ4v) is 0.910. The second-order valence-electron chi connectivity index (χ2n) is 2.85. The zero-order chi connectivity index (χ0) is 8.97. The fourth-order valence-electron chi connectivity index (χ4n) is 0.910. The molecule has 0 bridgehead atoms. The summed E-state index contributed by atoms with van der Waals surface area (Å²) in [5.41, 5.74) is 7.24. The summed E-state index contributed by atoms with van der Waals surface area (Å²) in [5, 5.41) is 11.9. The highest BCUT2D eigenvalue weighted by atomic mass is 16.3.